The third kappa shape index (κ3) is 2.85. The molecule has 0 aliphatic carbocycles. The molecule has 1 aromatic carbocycles. The van der Waals surface area contributed by atoms with E-state index >= 15 is 0 Å². The lowest BCUT2D eigenvalue weighted by molar-refractivity contribution is 0.297. The minimum Gasteiger partial charge on any atom is -0.508 e. The Labute approximate surface area is 119 Å². The summed E-state index contributed by atoms with van der Waals surface area (Å²) < 4.78 is 7.29. The van der Waals surface area contributed by atoms with Crippen molar-refractivity contribution in [3.05, 3.63) is 48.3 Å². The van der Waals surface area contributed by atoms with Crippen molar-refractivity contribution >= 4 is 5.76 Å². The minimum atomic E-state index is 0.242. The molecule has 0 unspecified atom stereocenters. The van der Waals surface area contributed by atoms with Gasteiger partial charge in [-0.15, -0.1) is 0 Å². The lowest BCUT2D eigenvalue weighted by atomic mass is 10.1. The molecule has 0 aliphatic heterocycles. The van der Waals surface area contributed by atoms with E-state index in [0.717, 1.165) is 17.1 Å². The number of phenols is 1. The van der Waals surface area contributed by atoms with E-state index in [2.05, 4.69) is 25.5 Å². The van der Waals surface area contributed by atoms with Crippen LogP contribution in [0.4, 0.5) is 0 Å². The van der Waals surface area contributed by atoms with E-state index in [9.17, 15) is 5.11 Å². The van der Waals surface area contributed by atoms with E-state index in [-0.39, 0.29) is 5.75 Å². The van der Waals surface area contributed by atoms with Crippen LogP contribution in [0.2, 0.25) is 0 Å². The average Bonchev–Trinajstić information content (AvgIpc) is 2.85. The molecule has 0 radical (unpaired) electrons. The zero-order valence-electron chi connectivity index (χ0n) is 12.1. The van der Waals surface area contributed by atoms with Crippen molar-refractivity contribution in [3.63, 3.8) is 0 Å². The lowest BCUT2D eigenvalue weighted by Crippen LogP contribution is -2.03. The number of hydrogen-bond donors (Lipinski definition) is 1. The Morgan fingerprint density at radius 1 is 1.35 bits per heavy atom. The third-order valence-corrected chi connectivity index (χ3v) is 3.03. The fourth-order valence-electron chi connectivity index (χ4n) is 1.99. The van der Waals surface area contributed by atoms with E-state index < -0.39 is 0 Å². The summed E-state index contributed by atoms with van der Waals surface area (Å²) in [6, 6.07) is 8.97. The summed E-state index contributed by atoms with van der Waals surface area (Å²) in [5.74, 6) is 1.14. The molecule has 0 saturated carbocycles. The second kappa shape index (κ2) is 5.82. The maximum Gasteiger partial charge on any atom is 0.139 e. The molecular weight excluding hydrogens is 252 g/mol. The molecule has 20 heavy (non-hydrogen) atoms. The van der Waals surface area contributed by atoms with Gasteiger partial charge in [-0.25, -0.2) is 4.68 Å². The number of benzene rings is 1. The maximum atomic E-state index is 9.38. The van der Waals surface area contributed by atoms with Gasteiger partial charge in [-0.3, -0.25) is 0 Å². The number of ether oxygens (including phenoxy) is 1. The summed E-state index contributed by atoms with van der Waals surface area (Å²) in [6.07, 6.45) is 0. The first-order valence-electron chi connectivity index (χ1n) is 6.74. The van der Waals surface area contributed by atoms with Crippen LogP contribution in [0.25, 0.3) is 11.4 Å². The second-order valence-corrected chi connectivity index (χ2v) is 4.89. The molecule has 0 aliphatic rings. The Balaban J connectivity index is 2.45. The molecule has 1 N–H and O–H groups in total. The molecule has 0 saturated heterocycles. The van der Waals surface area contributed by atoms with Gasteiger partial charge in [-0.1, -0.05) is 20.4 Å². The highest BCUT2D eigenvalue weighted by molar-refractivity contribution is 5.55. The Kier molecular flexibility index (Phi) is 4.13. The second-order valence-electron chi connectivity index (χ2n) is 4.89. The van der Waals surface area contributed by atoms with Crippen LogP contribution in [0.3, 0.4) is 0 Å². The average molecular weight is 272 g/mol. The van der Waals surface area contributed by atoms with Crippen LogP contribution in [-0.2, 0) is 4.74 Å². The Hall–Kier alpha value is -2.23. The Morgan fingerprint density at radius 3 is 2.55 bits per heavy atom. The van der Waals surface area contributed by atoms with Gasteiger partial charge >= 0.3 is 0 Å². The van der Waals surface area contributed by atoms with Crippen LogP contribution in [0.5, 0.6) is 5.75 Å². The summed E-state index contributed by atoms with van der Waals surface area (Å²) in [7, 11) is 0. The molecule has 2 rings (SSSR count). The monoisotopic (exact) mass is 272 g/mol. The van der Waals surface area contributed by atoms with Crippen LogP contribution in [0, 0.1) is 0 Å². The normalized spacial score (nSPS) is 10.8. The van der Waals surface area contributed by atoms with Crippen molar-refractivity contribution in [1.29, 1.82) is 0 Å². The summed E-state index contributed by atoms with van der Waals surface area (Å²) in [4.78, 5) is 0. The first kappa shape index (κ1) is 14.2. The molecule has 106 valence electrons. The maximum absolute atomic E-state index is 9.38. The van der Waals surface area contributed by atoms with E-state index in [4.69, 9.17) is 4.74 Å². The van der Waals surface area contributed by atoms with Gasteiger partial charge in [0.05, 0.1) is 12.3 Å². The predicted octanol–water partition coefficient (Wildman–Crippen LogP) is 3.71. The zero-order valence-corrected chi connectivity index (χ0v) is 12.1. The van der Waals surface area contributed by atoms with Gasteiger partial charge in [0.1, 0.15) is 17.2 Å². The molecular formula is C16H20N2O2. The summed E-state index contributed by atoms with van der Waals surface area (Å²) >= 11 is 0. The summed E-state index contributed by atoms with van der Waals surface area (Å²) in [5, 5.41) is 13.9. The highest BCUT2D eigenvalue weighted by atomic mass is 16.5. The molecule has 0 bridgehead atoms. The predicted molar refractivity (Wildman–Crippen MR) is 80.0 cm³/mol. The van der Waals surface area contributed by atoms with E-state index in [1.165, 1.54) is 0 Å². The van der Waals surface area contributed by atoms with Gasteiger partial charge in [-0.05, 0) is 43.2 Å². The number of rotatable bonds is 5. The third-order valence-electron chi connectivity index (χ3n) is 3.03. The van der Waals surface area contributed by atoms with Gasteiger partial charge < -0.3 is 9.84 Å². The van der Waals surface area contributed by atoms with Gasteiger partial charge in [0.15, 0.2) is 0 Å². The first-order chi connectivity index (χ1) is 9.52. The Bertz CT molecular complexity index is 597. The lowest BCUT2D eigenvalue weighted by Gasteiger charge is -2.09. The van der Waals surface area contributed by atoms with E-state index in [1.54, 1.807) is 12.1 Å². The quantitative estimate of drug-likeness (QED) is 0.844. The zero-order chi connectivity index (χ0) is 14.7. The van der Waals surface area contributed by atoms with Crippen molar-refractivity contribution < 1.29 is 9.84 Å². The fourth-order valence-corrected chi connectivity index (χ4v) is 1.99. The van der Waals surface area contributed by atoms with Crippen molar-refractivity contribution in [2.24, 2.45) is 0 Å². The van der Waals surface area contributed by atoms with Crippen LogP contribution in [-0.4, -0.2) is 21.5 Å². The topological polar surface area (TPSA) is 47.3 Å². The van der Waals surface area contributed by atoms with Gasteiger partial charge in [0.2, 0.25) is 0 Å². The fraction of sp³-hybridized carbons (Fsp3) is 0.312. The van der Waals surface area contributed by atoms with E-state index in [1.807, 2.05) is 29.8 Å². The molecule has 0 amide bonds. The van der Waals surface area contributed by atoms with Crippen molar-refractivity contribution in [3.8, 4) is 11.4 Å². The number of hydrogen-bond acceptors (Lipinski definition) is 3. The summed E-state index contributed by atoms with van der Waals surface area (Å²) in [5.41, 5.74) is 2.72. The highest BCUT2D eigenvalue weighted by Crippen LogP contribution is 2.24. The number of nitrogens with zero attached hydrogens (tertiary/aromatic N) is 2. The van der Waals surface area contributed by atoms with Gasteiger partial charge in [0.25, 0.3) is 0 Å². The molecule has 4 heteroatoms. The molecule has 0 atom stereocenters. The summed E-state index contributed by atoms with van der Waals surface area (Å²) in [6.45, 7) is 10.6. The molecule has 1 heterocycles. The molecule has 0 fully saturated rings. The number of aromatic hydroxyl groups is 1. The molecule has 4 nitrogen and oxygen atoms in total. The van der Waals surface area contributed by atoms with Crippen LogP contribution in [0.15, 0.2) is 36.9 Å². The van der Waals surface area contributed by atoms with Crippen LogP contribution < -0.4 is 0 Å². The standard InChI is InChI=1S/C16H20N2O2/c1-5-20-12(4)15-10-16(11(2)3)18(17-15)13-6-8-14(19)9-7-13/h6-11,19H,4-5H2,1-3H3. The Morgan fingerprint density at radius 2 is 2.00 bits per heavy atom. The van der Waals surface area contributed by atoms with Crippen molar-refractivity contribution in [2.75, 3.05) is 6.61 Å². The van der Waals surface area contributed by atoms with Gasteiger partial charge in [-0.2, -0.15) is 5.10 Å². The molecule has 1 aromatic heterocycles. The van der Waals surface area contributed by atoms with E-state index in [0.29, 0.717) is 18.3 Å². The number of aromatic nitrogens is 2. The van der Waals surface area contributed by atoms with Crippen LogP contribution in [0.1, 0.15) is 38.1 Å². The first-order valence-corrected chi connectivity index (χ1v) is 6.74. The van der Waals surface area contributed by atoms with Crippen LogP contribution >= 0.6 is 0 Å². The SMILES string of the molecule is C=C(OCC)c1cc(C(C)C)n(-c2ccc(O)cc2)n1. The minimum absolute atomic E-state index is 0.242. The van der Waals surface area contributed by atoms with Crippen molar-refractivity contribution in [2.45, 2.75) is 26.7 Å². The largest absolute Gasteiger partial charge is 0.508 e. The smallest absolute Gasteiger partial charge is 0.139 e. The van der Waals surface area contributed by atoms with Crippen molar-refractivity contribution in [1.82, 2.24) is 9.78 Å². The number of phenolic OH excluding ortho intramolecular Hbond substituents is 1. The molecule has 0 spiro atoms. The molecule has 2 aromatic rings. The highest BCUT2D eigenvalue weighted by Gasteiger charge is 2.15. The van der Waals surface area contributed by atoms with Gasteiger partial charge in [0, 0.05) is 5.69 Å².